The van der Waals surface area contributed by atoms with Crippen LogP contribution < -0.4 is 0 Å². The highest BCUT2D eigenvalue weighted by Crippen LogP contribution is 2.30. The molecular formula is C32H36N4O3. The molecule has 3 aliphatic heterocycles. The lowest BCUT2D eigenvalue weighted by Gasteiger charge is -2.37. The van der Waals surface area contributed by atoms with E-state index >= 15 is 0 Å². The molecule has 6 rings (SSSR count). The van der Waals surface area contributed by atoms with Crippen LogP contribution in [0.5, 0.6) is 0 Å². The molecule has 7 heteroatoms. The first-order valence-electron chi connectivity index (χ1n) is 14.2. The molecule has 0 saturated carbocycles. The van der Waals surface area contributed by atoms with Crippen LogP contribution in [0.1, 0.15) is 39.1 Å². The van der Waals surface area contributed by atoms with Crippen LogP contribution in [0.3, 0.4) is 0 Å². The zero-order valence-corrected chi connectivity index (χ0v) is 22.4. The summed E-state index contributed by atoms with van der Waals surface area (Å²) in [6.45, 7) is 6.49. The van der Waals surface area contributed by atoms with E-state index in [1.807, 2.05) is 41.3 Å². The number of nitrogens with zero attached hydrogens (tertiary/aromatic N) is 4. The molecule has 2 saturated heterocycles. The molecule has 3 amide bonds. The van der Waals surface area contributed by atoms with Crippen LogP contribution in [0, 0.1) is 5.92 Å². The fourth-order valence-electron chi connectivity index (χ4n) is 6.32. The second-order valence-corrected chi connectivity index (χ2v) is 11.1. The molecule has 0 radical (unpaired) electrons. The highest BCUT2D eigenvalue weighted by molar-refractivity contribution is 6.25. The number of hydrogen-bond donors (Lipinski definition) is 0. The third kappa shape index (κ3) is 5.47. The van der Waals surface area contributed by atoms with Crippen LogP contribution in [0.15, 0.2) is 66.7 Å². The van der Waals surface area contributed by atoms with Crippen molar-refractivity contribution in [3.05, 3.63) is 83.4 Å². The molecule has 0 aliphatic carbocycles. The van der Waals surface area contributed by atoms with Crippen LogP contribution in [-0.2, 0) is 11.2 Å². The number of imide groups is 1. The average Bonchev–Trinajstić information content (AvgIpc) is 2.97. The molecule has 0 bridgehead atoms. The summed E-state index contributed by atoms with van der Waals surface area (Å²) in [6, 6.07) is 21.9. The highest BCUT2D eigenvalue weighted by atomic mass is 16.2. The first-order valence-corrected chi connectivity index (χ1v) is 14.2. The van der Waals surface area contributed by atoms with Gasteiger partial charge in [0.2, 0.25) is 5.91 Å². The van der Waals surface area contributed by atoms with E-state index in [2.05, 4.69) is 40.1 Å². The molecule has 7 nitrogen and oxygen atoms in total. The number of rotatable bonds is 7. The summed E-state index contributed by atoms with van der Waals surface area (Å²) in [5.41, 5.74) is 2.60. The number of hydrogen-bond acceptors (Lipinski definition) is 5. The first kappa shape index (κ1) is 25.7. The molecule has 39 heavy (non-hydrogen) atoms. The lowest BCUT2D eigenvalue weighted by molar-refractivity contribution is -0.134. The van der Waals surface area contributed by atoms with Crippen molar-refractivity contribution in [2.45, 2.75) is 19.3 Å². The van der Waals surface area contributed by atoms with Crippen molar-refractivity contribution < 1.29 is 14.4 Å². The molecule has 0 spiro atoms. The van der Waals surface area contributed by atoms with Crippen LogP contribution in [0.25, 0.3) is 10.8 Å². The van der Waals surface area contributed by atoms with E-state index in [0.29, 0.717) is 36.7 Å². The molecule has 3 aromatic rings. The lowest BCUT2D eigenvalue weighted by Crippen LogP contribution is -2.52. The van der Waals surface area contributed by atoms with Gasteiger partial charge in [-0.25, -0.2) is 0 Å². The fourth-order valence-corrected chi connectivity index (χ4v) is 6.32. The van der Waals surface area contributed by atoms with Gasteiger partial charge in [-0.1, -0.05) is 54.6 Å². The minimum atomic E-state index is -0.207. The van der Waals surface area contributed by atoms with Crippen molar-refractivity contribution in [3.8, 4) is 0 Å². The molecule has 0 aromatic heterocycles. The minimum absolute atomic E-state index is 0.207. The molecule has 0 unspecified atom stereocenters. The Balaban J connectivity index is 0.950. The standard InChI is InChI=1S/C32H36N4O3/c37-29(35-14-12-25(13-15-35)22-24-6-2-1-3-7-24)23-34-18-16-33(17-19-34)20-21-36-31(38)27-10-4-8-26-9-5-11-28(30(26)27)32(36)39/h1-11,25H,12-23H2. The van der Waals surface area contributed by atoms with Crippen molar-refractivity contribution in [3.63, 3.8) is 0 Å². The van der Waals surface area contributed by atoms with E-state index in [0.717, 1.165) is 69.3 Å². The zero-order chi connectivity index (χ0) is 26.8. The Bertz CT molecular complexity index is 1310. The van der Waals surface area contributed by atoms with E-state index in [1.165, 1.54) is 10.5 Å². The van der Waals surface area contributed by atoms with Gasteiger partial charge in [-0.2, -0.15) is 0 Å². The van der Waals surface area contributed by atoms with Gasteiger partial charge in [0, 0.05) is 68.9 Å². The van der Waals surface area contributed by atoms with Gasteiger partial charge < -0.3 is 4.90 Å². The van der Waals surface area contributed by atoms with E-state index in [1.54, 1.807) is 0 Å². The number of piperazine rings is 1. The summed E-state index contributed by atoms with van der Waals surface area (Å²) in [6.07, 6.45) is 3.24. The van der Waals surface area contributed by atoms with Crippen LogP contribution in [0.2, 0.25) is 0 Å². The van der Waals surface area contributed by atoms with E-state index in [4.69, 9.17) is 0 Å². The predicted molar refractivity (Wildman–Crippen MR) is 152 cm³/mol. The number of carbonyl (C=O) groups is 3. The van der Waals surface area contributed by atoms with E-state index in [-0.39, 0.29) is 17.7 Å². The monoisotopic (exact) mass is 524 g/mol. The van der Waals surface area contributed by atoms with Crippen molar-refractivity contribution in [2.24, 2.45) is 5.92 Å². The highest BCUT2D eigenvalue weighted by Gasteiger charge is 2.33. The molecule has 3 aromatic carbocycles. The van der Waals surface area contributed by atoms with Crippen LogP contribution >= 0.6 is 0 Å². The lowest BCUT2D eigenvalue weighted by atomic mass is 9.90. The number of piperidine rings is 1. The number of likely N-dealkylation sites (tertiary alicyclic amines) is 1. The van der Waals surface area contributed by atoms with Crippen molar-refractivity contribution >= 4 is 28.5 Å². The molecule has 2 fully saturated rings. The summed E-state index contributed by atoms with van der Waals surface area (Å²) in [5.74, 6) is 0.473. The molecule has 3 heterocycles. The molecule has 0 atom stereocenters. The second-order valence-electron chi connectivity index (χ2n) is 11.1. The Morgan fingerprint density at radius 2 is 1.31 bits per heavy atom. The molecular weight excluding hydrogens is 488 g/mol. The Labute approximate surface area is 230 Å². The predicted octanol–water partition coefficient (Wildman–Crippen LogP) is 3.53. The number of carbonyl (C=O) groups excluding carboxylic acids is 3. The Morgan fingerprint density at radius 3 is 1.95 bits per heavy atom. The quantitative estimate of drug-likeness (QED) is 0.443. The van der Waals surface area contributed by atoms with Gasteiger partial charge in [-0.05, 0) is 48.3 Å². The smallest absolute Gasteiger partial charge is 0.261 e. The zero-order valence-electron chi connectivity index (χ0n) is 22.4. The Hall–Kier alpha value is -3.55. The summed E-state index contributed by atoms with van der Waals surface area (Å²) in [4.78, 5) is 47.3. The van der Waals surface area contributed by atoms with Gasteiger partial charge in [0.15, 0.2) is 0 Å². The van der Waals surface area contributed by atoms with Crippen molar-refractivity contribution in [2.75, 3.05) is 58.9 Å². The van der Waals surface area contributed by atoms with Crippen LogP contribution in [-0.4, -0.2) is 96.2 Å². The largest absolute Gasteiger partial charge is 0.342 e. The Morgan fingerprint density at radius 1 is 0.692 bits per heavy atom. The summed E-state index contributed by atoms with van der Waals surface area (Å²) in [7, 11) is 0. The first-order chi connectivity index (χ1) is 19.1. The van der Waals surface area contributed by atoms with Crippen LogP contribution in [0.4, 0.5) is 0 Å². The normalized spacial score (nSPS) is 19.2. The third-order valence-corrected chi connectivity index (χ3v) is 8.65. The number of benzene rings is 3. The SMILES string of the molecule is O=C(CN1CCN(CCN2C(=O)c3cccc4cccc(c34)C2=O)CC1)N1CCC(Cc2ccccc2)CC1. The maximum Gasteiger partial charge on any atom is 0.261 e. The topological polar surface area (TPSA) is 64.2 Å². The maximum atomic E-state index is 13.2. The van der Waals surface area contributed by atoms with Gasteiger partial charge in [0.25, 0.3) is 11.8 Å². The maximum absolute atomic E-state index is 13.2. The summed E-state index contributed by atoms with van der Waals surface area (Å²) < 4.78 is 0. The number of amides is 3. The summed E-state index contributed by atoms with van der Waals surface area (Å²) in [5, 5.41) is 1.69. The summed E-state index contributed by atoms with van der Waals surface area (Å²) >= 11 is 0. The molecule has 0 N–H and O–H groups in total. The third-order valence-electron chi connectivity index (χ3n) is 8.65. The van der Waals surface area contributed by atoms with E-state index in [9.17, 15) is 14.4 Å². The molecule has 202 valence electrons. The van der Waals surface area contributed by atoms with Gasteiger partial charge in [-0.15, -0.1) is 0 Å². The second kappa shape index (κ2) is 11.3. The van der Waals surface area contributed by atoms with Crippen molar-refractivity contribution in [1.29, 1.82) is 0 Å². The minimum Gasteiger partial charge on any atom is -0.342 e. The van der Waals surface area contributed by atoms with Crippen molar-refractivity contribution in [1.82, 2.24) is 19.6 Å². The average molecular weight is 525 g/mol. The Kier molecular flexibility index (Phi) is 7.44. The fraction of sp³-hybridized carbons (Fsp3) is 0.406. The molecule has 3 aliphatic rings. The van der Waals surface area contributed by atoms with Gasteiger partial charge in [0.05, 0.1) is 6.54 Å². The van der Waals surface area contributed by atoms with Gasteiger partial charge in [0.1, 0.15) is 0 Å². The van der Waals surface area contributed by atoms with Gasteiger partial charge in [-0.3, -0.25) is 29.1 Å². The van der Waals surface area contributed by atoms with E-state index < -0.39 is 0 Å². The van der Waals surface area contributed by atoms with Gasteiger partial charge >= 0.3 is 0 Å².